The highest BCUT2D eigenvalue weighted by atomic mass is 32.1. The standard InChI is InChI=1S/C13H8F14O5S/c1-4(14)5(28)32-9(12(23,24)25,30-3-2-8(15,16)13(26,27)33)7(29)31-6(10(17,18)19)11(20,21)22/h6,33H,1-3H2. The maximum atomic E-state index is 13.4. The van der Waals surface area contributed by atoms with Crippen LogP contribution in [0.1, 0.15) is 6.42 Å². The Morgan fingerprint density at radius 1 is 0.848 bits per heavy atom. The van der Waals surface area contributed by atoms with Crippen molar-refractivity contribution in [3.05, 3.63) is 12.4 Å². The van der Waals surface area contributed by atoms with Crippen molar-refractivity contribution in [3.63, 3.8) is 0 Å². The third-order valence-corrected chi connectivity index (χ3v) is 3.41. The van der Waals surface area contributed by atoms with E-state index >= 15 is 0 Å². The molecule has 1 atom stereocenters. The molecule has 0 aromatic carbocycles. The van der Waals surface area contributed by atoms with E-state index in [-0.39, 0.29) is 0 Å². The molecule has 0 fully saturated rings. The Balaban J connectivity index is 6.40. The van der Waals surface area contributed by atoms with Gasteiger partial charge in [0.25, 0.3) is 6.10 Å². The predicted octanol–water partition coefficient (Wildman–Crippen LogP) is 4.87. The summed E-state index contributed by atoms with van der Waals surface area (Å²) in [4.78, 5) is 22.8. The zero-order chi connectivity index (χ0) is 26.8. The fourth-order valence-electron chi connectivity index (χ4n) is 1.55. The third-order valence-electron chi connectivity index (χ3n) is 3.08. The SMILES string of the molecule is C=C(F)C(=O)OC(OCCC(F)(F)C(F)(F)S)(C(=O)OC(C(F)(F)F)C(F)(F)F)C(F)(F)F. The second-order valence-electron chi connectivity index (χ2n) is 5.62. The average molecular weight is 542 g/mol. The molecule has 0 heterocycles. The van der Waals surface area contributed by atoms with Gasteiger partial charge < -0.3 is 14.2 Å². The summed E-state index contributed by atoms with van der Waals surface area (Å²) in [6.45, 7) is -0.385. The van der Waals surface area contributed by atoms with Crippen LogP contribution in [0.15, 0.2) is 12.4 Å². The normalized spacial score (nSPS) is 15.8. The maximum absolute atomic E-state index is 13.4. The summed E-state index contributed by atoms with van der Waals surface area (Å²) >= 11 is 2.12. The van der Waals surface area contributed by atoms with Crippen molar-refractivity contribution in [1.29, 1.82) is 0 Å². The van der Waals surface area contributed by atoms with Crippen LogP contribution >= 0.6 is 12.6 Å². The van der Waals surface area contributed by atoms with Crippen LogP contribution in [0.4, 0.5) is 61.5 Å². The number of carbonyl (C=O) groups excluding carboxylic acids is 2. The van der Waals surface area contributed by atoms with E-state index in [1.165, 1.54) is 0 Å². The number of hydrogen-bond donors (Lipinski definition) is 1. The summed E-state index contributed by atoms with van der Waals surface area (Å²) in [6, 6.07) is 0. The lowest BCUT2D eigenvalue weighted by molar-refractivity contribution is -0.371. The smallest absolute Gasteiger partial charge is 0.438 e. The Kier molecular flexibility index (Phi) is 9.12. The summed E-state index contributed by atoms with van der Waals surface area (Å²) in [5, 5.41) is -5.25. The van der Waals surface area contributed by atoms with E-state index in [0.29, 0.717) is 0 Å². The molecule has 0 aliphatic carbocycles. The van der Waals surface area contributed by atoms with Gasteiger partial charge in [-0.1, -0.05) is 19.2 Å². The van der Waals surface area contributed by atoms with Crippen LogP contribution < -0.4 is 0 Å². The number of ether oxygens (including phenoxy) is 3. The number of thiol groups is 1. The van der Waals surface area contributed by atoms with Gasteiger partial charge in [0.1, 0.15) is 0 Å². The van der Waals surface area contributed by atoms with Crippen molar-refractivity contribution in [2.75, 3.05) is 6.61 Å². The Morgan fingerprint density at radius 2 is 1.27 bits per heavy atom. The van der Waals surface area contributed by atoms with Gasteiger partial charge in [0, 0.05) is 6.42 Å². The van der Waals surface area contributed by atoms with Crippen LogP contribution in [0.5, 0.6) is 0 Å². The van der Waals surface area contributed by atoms with Gasteiger partial charge in [-0.2, -0.15) is 61.5 Å². The first-order valence-electron chi connectivity index (χ1n) is 7.40. The molecule has 5 nitrogen and oxygen atoms in total. The van der Waals surface area contributed by atoms with Gasteiger partial charge in [-0.15, -0.1) is 0 Å². The van der Waals surface area contributed by atoms with Crippen molar-refractivity contribution in [1.82, 2.24) is 0 Å². The molecule has 0 saturated carbocycles. The molecule has 194 valence electrons. The van der Waals surface area contributed by atoms with E-state index in [4.69, 9.17) is 0 Å². The topological polar surface area (TPSA) is 61.8 Å². The van der Waals surface area contributed by atoms with Gasteiger partial charge in [-0.05, 0) is 0 Å². The lowest BCUT2D eigenvalue weighted by atomic mass is 10.2. The van der Waals surface area contributed by atoms with Crippen LogP contribution in [0.25, 0.3) is 0 Å². The third kappa shape index (κ3) is 7.78. The molecule has 20 heteroatoms. The summed E-state index contributed by atoms with van der Waals surface area (Å²) < 4.78 is 189. The highest BCUT2D eigenvalue weighted by molar-refractivity contribution is 7.81. The van der Waals surface area contributed by atoms with Crippen molar-refractivity contribution < 1.29 is 85.3 Å². The summed E-state index contributed by atoms with van der Waals surface area (Å²) in [6.07, 6.45) is -27.8. The van der Waals surface area contributed by atoms with E-state index in [1.54, 1.807) is 0 Å². The number of alkyl halides is 13. The van der Waals surface area contributed by atoms with Gasteiger partial charge in [0.2, 0.25) is 5.83 Å². The van der Waals surface area contributed by atoms with Crippen molar-refractivity contribution in [3.8, 4) is 0 Å². The van der Waals surface area contributed by atoms with E-state index in [9.17, 15) is 71.1 Å². The quantitative estimate of drug-likeness (QED) is 0.148. The minimum Gasteiger partial charge on any atom is -0.438 e. The van der Waals surface area contributed by atoms with E-state index in [1.807, 2.05) is 0 Å². The second kappa shape index (κ2) is 9.71. The lowest BCUT2D eigenvalue weighted by Gasteiger charge is -2.34. The van der Waals surface area contributed by atoms with Crippen molar-refractivity contribution in [2.45, 2.75) is 48.0 Å². The van der Waals surface area contributed by atoms with Crippen LogP contribution in [0.3, 0.4) is 0 Å². The first kappa shape index (κ1) is 31.0. The van der Waals surface area contributed by atoms with Crippen LogP contribution in [-0.2, 0) is 23.8 Å². The largest absolute Gasteiger partial charge is 0.468 e. The summed E-state index contributed by atoms with van der Waals surface area (Å²) in [7, 11) is 0. The summed E-state index contributed by atoms with van der Waals surface area (Å²) in [5.41, 5.74) is 0. The van der Waals surface area contributed by atoms with Gasteiger partial charge >= 0.3 is 47.4 Å². The van der Waals surface area contributed by atoms with Gasteiger partial charge in [-0.3, -0.25) is 0 Å². The molecule has 0 saturated heterocycles. The first-order valence-corrected chi connectivity index (χ1v) is 7.85. The number of rotatable bonds is 9. The fourth-order valence-corrected chi connectivity index (χ4v) is 1.66. The lowest BCUT2D eigenvalue weighted by Crippen LogP contribution is -2.61. The van der Waals surface area contributed by atoms with E-state index < -0.39 is 72.4 Å². The Labute approximate surface area is 178 Å². The molecule has 33 heavy (non-hydrogen) atoms. The minimum atomic E-state index is -6.74. The molecule has 0 bridgehead atoms. The van der Waals surface area contributed by atoms with Crippen LogP contribution in [0, 0.1) is 0 Å². The van der Waals surface area contributed by atoms with Gasteiger partial charge in [0.15, 0.2) is 0 Å². The molecule has 1 unspecified atom stereocenters. The molecule has 0 amide bonds. The number of halogens is 14. The molecule has 0 aliphatic rings. The molecule has 0 spiro atoms. The molecular formula is C13H8F14O5S. The van der Waals surface area contributed by atoms with E-state index in [0.717, 1.165) is 0 Å². The molecule has 0 aromatic heterocycles. The number of carbonyl (C=O) groups is 2. The Hall–Kier alpha value is -1.99. The maximum Gasteiger partial charge on any atom is 0.468 e. The highest BCUT2D eigenvalue weighted by Crippen LogP contribution is 2.43. The molecular weight excluding hydrogens is 534 g/mol. The zero-order valence-corrected chi connectivity index (χ0v) is 15.9. The van der Waals surface area contributed by atoms with Crippen molar-refractivity contribution >= 4 is 24.6 Å². The number of hydrogen-bond acceptors (Lipinski definition) is 6. The second-order valence-corrected chi connectivity index (χ2v) is 6.18. The van der Waals surface area contributed by atoms with Gasteiger partial charge in [-0.25, -0.2) is 9.59 Å². The van der Waals surface area contributed by atoms with E-state index in [2.05, 4.69) is 33.4 Å². The monoisotopic (exact) mass is 542 g/mol. The molecule has 0 radical (unpaired) electrons. The first-order chi connectivity index (χ1) is 14.3. The summed E-state index contributed by atoms with van der Waals surface area (Å²) in [5.74, 6) is -20.5. The zero-order valence-electron chi connectivity index (χ0n) is 15.0. The van der Waals surface area contributed by atoms with Gasteiger partial charge in [0.05, 0.1) is 6.61 Å². The van der Waals surface area contributed by atoms with Crippen molar-refractivity contribution in [2.24, 2.45) is 0 Å². The molecule has 0 aromatic rings. The predicted molar refractivity (Wildman–Crippen MR) is 76.6 cm³/mol. The minimum absolute atomic E-state index is 2.07. The Morgan fingerprint density at radius 3 is 1.58 bits per heavy atom. The molecule has 0 rings (SSSR count). The number of esters is 2. The van der Waals surface area contributed by atoms with Crippen LogP contribution in [-0.4, -0.2) is 60.1 Å². The van der Waals surface area contributed by atoms with Crippen LogP contribution in [0.2, 0.25) is 0 Å². The fraction of sp³-hybridized carbons (Fsp3) is 0.692. The molecule has 0 N–H and O–H groups in total. The average Bonchev–Trinajstić information content (AvgIpc) is 2.53. The Bertz CT molecular complexity index is 724. The molecule has 0 aliphatic heterocycles. The highest BCUT2D eigenvalue weighted by Gasteiger charge is 2.71.